The van der Waals surface area contributed by atoms with Crippen LogP contribution in [0.25, 0.3) is 21.8 Å². The van der Waals surface area contributed by atoms with Gasteiger partial charge in [0, 0.05) is 52.6 Å². The number of hydrogen-bond donors (Lipinski definition) is 0. The molecule has 0 N–H and O–H groups in total. The molecule has 2 heterocycles. The average Bonchev–Trinajstić information content (AvgIpc) is 3.35. The maximum absolute atomic E-state index is 11.3. The molecule has 168 valence electrons. The summed E-state index contributed by atoms with van der Waals surface area (Å²) in [4.78, 5) is 54.9. The molecule has 0 bridgehead atoms. The fourth-order valence-electron chi connectivity index (χ4n) is 3.44. The Morgan fingerprint density at radius 1 is 0.758 bits per heavy atom. The third-order valence-corrected chi connectivity index (χ3v) is 5.00. The lowest BCUT2D eigenvalue weighted by Gasteiger charge is -2.10. The van der Waals surface area contributed by atoms with Crippen LogP contribution in [0.2, 0.25) is 0 Å². The minimum absolute atomic E-state index is 0.134. The Balaban J connectivity index is 1.45. The van der Waals surface area contributed by atoms with Crippen molar-refractivity contribution in [1.29, 1.82) is 0 Å². The van der Waals surface area contributed by atoms with Gasteiger partial charge in [0.2, 0.25) is 0 Å². The minimum Gasteiger partial charge on any atom is -0.414 e. The van der Waals surface area contributed by atoms with E-state index in [-0.39, 0.29) is 24.6 Å². The summed E-state index contributed by atoms with van der Waals surface area (Å²) in [6.07, 6.45) is 4.53. The van der Waals surface area contributed by atoms with E-state index >= 15 is 0 Å². The van der Waals surface area contributed by atoms with Crippen molar-refractivity contribution in [3.05, 3.63) is 80.1 Å². The van der Waals surface area contributed by atoms with Crippen molar-refractivity contribution in [1.82, 2.24) is 9.46 Å². The van der Waals surface area contributed by atoms with E-state index in [2.05, 4.69) is 0 Å². The van der Waals surface area contributed by atoms with Crippen LogP contribution in [0, 0.1) is 20.2 Å². The minimum atomic E-state index is -0.537. The molecule has 0 spiro atoms. The number of hydrogen-bond acceptors (Lipinski definition) is 8. The summed E-state index contributed by atoms with van der Waals surface area (Å²) in [5, 5.41) is 23.1. The quantitative estimate of drug-likeness (QED) is 0.154. The molecule has 2 aromatic carbocycles. The topological polar surface area (TPSA) is 149 Å². The molecule has 0 saturated heterocycles. The Morgan fingerprint density at radius 2 is 1.18 bits per heavy atom. The van der Waals surface area contributed by atoms with E-state index in [1.165, 1.54) is 58.3 Å². The molecule has 0 fully saturated rings. The molecule has 0 aliphatic heterocycles. The smallest absolute Gasteiger partial charge is 0.271 e. The molecule has 4 rings (SSSR count). The molecule has 33 heavy (non-hydrogen) atoms. The summed E-state index contributed by atoms with van der Waals surface area (Å²) >= 11 is 0. The molecule has 0 aliphatic carbocycles. The maximum atomic E-state index is 11.3. The molecule has 4 aromatic rings. The van der Waals surface area contributed by atoms with Crippen molar-refractivity contribution < 1.29 is 29.1 Å². The first kappa shape index (κ1) is 21.5. The second kappa shape index (κ2) is 8.78. The molecule has 0 aliphatic rings. The van der Waals surface area contributed by atoms with Crippen molar-refractivity contribution in [3.8, 4) is 0 Å². The van der Waals surface area contributed by atoms with Gasteiger partial charge in [-0.25, -0.2) is 0 Å². The van der Waals surface area contributed by atoms with Gasteiger partial charge >= 0.3 is 0 Å². The van der Waals surface area contributed by atoms with E-state index in [9.17, 15) is 29.8 Å². The van der Waals surface area contributed by atoms with Gasteiger partial charge in [0.05, 0.1) is 33.3 Å². The van der Waals surface area contributed by atoms with Gasteiger partial charge in [0.15, 0.2) is 12.6 Å². The standard InChI is InChI=1S/C21H16N4O8/c26-12-14-10-22(20-8-16(24(28)29)2-4-18(14)20)32-6-1-7-33-23-11-15(13-27)19-5-3-17(25(30)31)9-21(19)23/h2-5,8-13H,1,6-7H2. The van der Waals surface area contributed by atoms with E-state index < -0.39 is 9.85 Å². The number of fused-ring (bicyclic) bond motifs is 2. The third-order valence-electron chi connectivity index (χ3n) is 5.00. The zero-order chi connectivity index (χ0) is 23.5. The molecule has 12 heteroatoms. The van der Waals surface area contributed by atoms with Crippen molar-refractivity contribution in [2.75, 3.05) is 13.2 Å². The number of nitro groups is 2. The first-order chi connectivity index (χ1) is 15.9. The molecule has 2 aromatic heterocycles. The number of carbonyl (C=O) groups is 2. The van der Waals surface area contributed by atoms with E-state index in [4.69, 9.17) is 9.68 Å². The average molecular weight is 452 g/mol. The predicted molar refractivity (Wildman–Crippen MR) is 115 cm³/mol. The third kappa shape index (κ3) is 4.08. The normalized spacial score (nSPS) is 10.9. The maximum Gasteiger partial charge on any atom is 0.271 e. The van der Waals surface area contributed by atoms with Gasteiger partial charge in [-0.05, 0) is 12.1 Å². The molecule has 12 nitrogen and oxygen atoms in total. The van der Waals surface area contributed by atoms with Crippen LogP contribution >= 0.6 is 0 Å². The van der Waals surface area contributed by atoms with Crippen LogP contribution in [-0.2, 0) is 0 Å². The van der Waals surface area contributed by atoms with Gasteiger partial charge < -0.3 is 9.68 Å². The van der Waals surface area contributed by atoms with Gasteiger partial charge in [-0.1, -0.05) is 0 Å². The van der Waals surface area contributed by atoms with E-state index in [1.54, 1.807) is 0 Å². The fourth-order valence-corrected chi connectivity index (χ4v) is 3.44. The van der Waals surface area contributed by atoms with E-state index in [1.807, 2.05) is 0 Å². The van der Waals surface area contributed by atoms with Crippen molar-refractivity contribution in [3.63, 3.8) is 0 Å². The summed E-state index contributed by atoms with van der Waals surface area (Å²) in [5.41, 5.74) is 1.16. The summed E-state index contributed by atoms with van der Waals surface area (Å²) < 4.78 is 2.59. The Morgan fingerprint density at radius 3 is 1.55 bits per heavy atom. The lowest BCUT2D eigenvalue weighted by atomic mass is 10.2. The highest BCUT2D eigenvalue weighted by Gasteiger charge is 2.15. The van der Waals surface area contributed by atoms with E-state index in [0.717, 1.165) is 0 Å². The highest BCUT2D eigenvalue weighted by Crippen LogP contribution is 2.25. The lowest BCUT2D eigenvalue weighted by Crippen LogP contribution is -2.17. The Hall–Kier alpha value is -4.74. The summed E-state index contributed by atoms with van der Waals surface area (Å²) in [6.45, 7) is 0.287. The van der Waals surface area contributed by atoms with E-state index in [0.29, 0.717) is 51.9 Å². The number of nitro benzene ring substituents is 2. The van der Waals surface area contributed by atoms with Gasteiger partial charge in [0.1, 0.15) is 13.2 Å². The number of nitrogens with zero attached hydrogens (tertiary/aromatic N) is 4. The zero-order valence-electron chi connectivity index (χ0n) is 16.9. The van der Waals surface area contributed by atoms with Crippen molar-refractivity contribution in [2.45, 2.75) is 6.42 Å². The molecular formula is C21H16N4O8. The highest BCUT2D eigenvalue weighted by atomic mass is 16.7. The van der Waals surface area contributed by atoms with Crippen LogP contribution in [0.3, 0.4) is 0 Å². The second-order valence-corrected chi connectivity index (χ2v) is 6.99. The van der Waals surface area contributed by atoms with Crippen LogP contribution in [0.1, 0.15) is 27.1 Å². The molecule has 0 saturated carbocycles. The lowest BCUT2D eigenvalue weighted by molar-refractivity contribution is -0.384. The van der Waals surface area contributed by atoms with Crippen molar-refractivity contribution >= 4 is 45.8 Å². The molecular weight excluding hydrogens is 436 g/mol. The number of aldehydes is 2. The van der Waals surface area contributed by atoms with Crippen LogP contribution in [0.4, 0.5) is 11.4 Å². The van der Waals surface area contributed by atoms with Crippen LogP contribution in [0.5, 0.6) is 0 Å². The Kier molecular flexibility index (Phi) is 5.72. The predicted octanol–water partition coefficient (Wildman–Crippen LogP) is 2.98. The van der Waals surface area contributed by atoms with Gasteiger partial charge in [0.25, 0.3) is 11.4 Å². The SMILES string of the molecule is O=Cc1cn(OCCCOn2cc(C=O)c3ccc([N+](=O)[O-])cc32)c2cc([N+](=O)[O-])ccc12. The molecule has 0 amide bonds. The number of rotatable bonds is 10. The molecule has 0 atom stereocenters. The second-order valence-electron chi connectivity index (χ2n) is 6.99. The number of aromatic nitrogens is 2. The van der Waals surface area contributed by atoms with Gasteiger partial charge in [-0.3, -0.25) is 29.8 Å². The largest absolute Gasteiger partial charge is 0.414 e. The van der Waals surface area contributed by atoms with Crippen LogP contribution in [0.15, 0.2) is 48.8 Å². The first-order valence-corrected chi connectivity index (χ1v) is 9.69. The number of non-ortho nitro benzene ring substituents is 2. The van der Waals surface area contributed by atoms with Crippen LogP contribution in [-0.4, -0.2) is 45.1 Å². The number of carbonyl (C=O) groups excluding carboxylic acids is 2. The summed E-state index contributed by atoms with van der Waals surface area (Å²) in [6, 6.07) is 8.24. The molecule has 0 unspecified atom stereocenters. The zero-order valence-corrected chi connectivity index (χ0v) is 16.9. The fraction of sp³-hybridized carbons (Fsp3) is 0.143. The summed E-state index contributed by atoms with van der Waals surface area (Å²) in [7, 11) is 0. The van der Waals surface area contributed by atoms with Crippen molar-refractivity contribution in [2.24, 2.45) is 0 Å². The highest BCUT2D eigenvalue weighted by molar-refractivity contribution is 5.99. The summed E-state index contributed by atoms with van der Waals surface area (Å²) in [5.74, 6) is 0. The number of benzene rings is 2. The first-order valence-electron chi connectivity index (χ1n) is 9.69. The Labute approximate surface area is 184 Å². The van der Waals surface area contributed by atoms with Gasteiger partial charge in [-0.2, -0.15) is 9.46 Å². The monoisotopic (exact) mass is 452 g/mol. The Bertz CT molecular complexity index is 1300. The van der Waals surface area contributed by atoms with Crippen LogP contribution < -0.4 is 9.68 Å². The molecule has 0 radical (unpaired) electrons. The van der Waals surface area contributed by atoms with Gasteiger partial charge in [-0.15, -0.1) is 0 Å².